The van der Waals surface area contributed by atoms with Gasteiger partial charge in [0.25, 0.3) is 5.56 Å². The first-order valence-corrected chi connectivity index (χ1v) is 12.3. The van der Waals surface area contributed by atoms with Crippen molar-refractivity contribution < 1.29 is 13.9 Å². The van der Waals surface area contributed by atoms with Gasteiger partial charge in [-0.05, 0) is 55.5 Å². The molecule has 5 aromatic rings. The van der Waals surface area contributed by atoms with Crippen LogP contribution in [0.3, 0.4) is 0 Å². The number of halogens is 2. The summed E-state index contributed by atoms with van der Waals surface area (Å²) in [4.78, 5) is 18.2. The minimum absolute atomic E-state index is 0.289. The molecule has 0 saturated carbocycles. The number of benzene rings is 3. The molecule has 0 fully saturated rings. The largest absolute Gasteiger partial charge is 0.493 e. The van der Waals surface area contributed by atoms with Gasteiger partial charge in [0, 0.05) is 19.9 Å². The molecular formula is C26H19Br2N3O4. The van der Waals surface area contributed by atoms with Gasteiger partial charge in [-0.25, -0.2) is 4.98 Å². The van der Waals surface area contributed by atoms with Crippen LogP contribution in [0.15, 0.2) is 83.9 Å². The van der Waals surface area contributed by atoms with E-state index in [1.165, 1.54) is 4.68 Å². The first-order valence-electron chi connectivity index (χ1n) is 10.7. The monoisotopic (exact) mass is 595 g/mol. The maximum Gasteiger partial charge on any atom is 0.282 e. The Bertz CT molecular complexity index is 1660. The SMILES string of the molecule is CCOc1c(C=Nn2c(-c3cc4cc(Br)ccc4o3)nc3ccccc3c2=O)cc(Br)cc1OC. The van der Waals surface area contributed by atoms with E-state index in [9.17, 15) is 4.79 Å². The van der Waals surface area contributed by atoms with Gasteiger partial charge in [0.05, 0.1) is 30.8 Å². The highest BCUT2D eigenvalue weighted by Crippen LogP contribution is 2.34. The van der Waals surface area contributed by atoms with E-state index in [0.29, 0.717) is 45.9 Å². The molecule has 0 atom stereocenters. The maximum atomic E-state index is 13.5. The van der Waals surface area contributed by atoms with Crippen molar-refractivity contribution in [2.24, 2.45) is 5.10 Å². The highest BCUT2D eigenvalue weighted by molar-refractivity contribution is 9.10. The van der Waals surface area contributed by atoms with Crippen LogP contribution < -0.4 is 15.0 Å². The smallest absolute Gasteiger partial charge is 0.282 e. The minimum Gasteiger partial charge on any atom is -0.493 e. The van der Waals surface area contributed by atoms with Crippen molar-refractivity contribution in [1.82, 2.24) is 9.66 Å². The van der Waals surface area contributed by atoms with Crippen LogP contribution in [-0.4, -0.2) is 29.6 Å². The first kappa shape index (κ1) is 23.3. The topological polar surface area (TPSA) is 78.9 Å². The van der Waals surface area contributed by atoms with Crippen LogP contribution in [0.1, 0.15) is 12.5 Å². The van der Waals surface area contributed by atoms with E-state index in [1.54, 1.807) is 31.5 Å². The third-order valence-corrected chi connectivity index (χ3v) is 6.27. The molecule has 0 spiro atoms. The summed E-state index contributed by atoms with van der Waals surface area (Å²) in [6.45, 7) is 2.33. The fourth-order valence-electron chi connectivity index (χ4n) is 3.77. The van der Waals surface area contributed by atoms with E-state index >= 15 is 0 Å². The van der Waals surface area contributed by atoms with Crippen molar-refractivity contribution in [1.29, 1.82) is 0 Å². The number of furan rings is 1. The molecule has 35 heavy (non-hydrogen) atoms. The molecule has 7 nitrogen and oxygen atoms in total. The quantitative estimate of drug-likeness (QED) is 0.206. The van der Waals surface area contributed by atoms with Crippen LogP contribution in [-0.2, 0) is 0 Å². The molecule has 0 saturated heterocycles. The Balaban J connectivity index is 1.73. The summed E-state index contributed by atoms with van der Waals surface area (Å²) in [5.74, 6) is 1.79. The molecular weight excluding hydrogens is 578 g/mol. The van der Waals surface area contributed by atoms with Crippen LogP contribution in [0.4, 0.5) is 0 Å². The molecule has 3 aromatic carbocycles. The maximum absolute atomic E-state index is 13.5. The van der Waals surface area contributed by atoms with E-state index in [0.717, 1.165) is 14.3 Å². The standard InChI is InChI=1S/C26H19Br2N3O4/c1-3-34-24-16(11-18(28)13-22(24)33-2)14-29-31-25(30-20-7-5-4-6-19(20)26(31)32)23-12-15-10-17(27)8-9-21(15)35-23/h4-14H,3H2,1-2H3. The number of para-hydroxylation sites is 1. The Hall–Kier alpha value is -3.43. The predicted molar refractivity (Wildman–Crippen MR) is 144 cm³/mol. The molecule has 2 heterocycles. The normalized spacial score (nSPS) is 11.5. The third kappa shape index (κ3) is 4.49. The summed E-state index contributed by atoms with van der Waals surface area (Å²) in [6, 6.07) is 18.3. The van der Waals surface area contributed by atoms with Gasteiger partial charge in [0.15, 0.2) is 17.3 Å². The number of hydrogen-bond donors (Lipinski definition) is 0. The molecule has 0 radical (unpaired) electrons. The molecule has 2 aromatic heterocycles. The van der Waals surface area contributed by atoms with E-state index in [4.69, 9.17) is 18.9 Å². The van der Waals surface area contributed by atoms with Crippen LogP contribution in [0.25, 0.3) is 33.5 Å². The van der Waals surface area contributed by atoms with Gasteiger partial charge in [-0.2, -0.15) is 9.78 Å². The number of rotatable bonds is 6. The number of hydrogen-bond acceptors (Lipinski definition) is 6. The fourth-order valence-corrected chi connectivity index (χ4v) is 4.60. The van der Waals surface area contributed by atoms with Gasteiger partial charge in [-0.15, -0.1) is 0 Å². The van der Waals surface area contributed by atoms with E-state index in [2.05, 4.69) is 37.0 Å². The highest BCUT2D eigenvalue weighted by atomic mass is 79.9. The van der Waals surface area contributed by atoms with Crippen LogP contribution in [0, 0.1) is 0 Å². The van der Waals surface area contributed by atoms with Gasteiger partial charge in [-0.1, -0.05) is 44.0 Å². The summed E-state index contributed by atoms with van der Waals surface area (Å²) < 4.78 is 20.3. The average Bonchev–Trinajstić information content (AvgIpc) is 3.27. The summed E-state index contributed by atoms with van der Waals surface area (Å²) in [7, 11) is 1.57. The van der Waals surface area contributed by atoms with Gasteiger partial charge < -0.3 is 13.9 Å². The first-order chi connectivity index (χ1) is 17.0. The number of nitrogens with zero attached hydrogens (tertiary/aromatic N) is 3. The van der Waals surface area contributed by atoms with Gasteiger partial charge >= 0.3 is 0 Å². The lowest BCUT2D eigenvalue weighted by atomic mass is 10.2. The number of fused-ring (bicyclic) bond motifs is 2. The third-order valence-electron chi connectivity index (χ3n) is 5.32. The van der Waals surface area contributed by atoms with Crippen molar-refractivity contribution in [2.75, 3.05) is 13.7 Å². The zero-order valence-electron chi connectivity index (χ0n) is 18.8. The average molecular weight is 597 g/mol. The molecule has 0 bridgehead atoms. The second-order valence-corrected chi connectivity index (χ2v) is 9.40. The van der Waals surface area contributed by atoms with Crippen LogP contribution in [0.5, 0.6) is 11.5 Å². The summed E-state index contributed by atoms with van der Waals surface area (Å²) in [6.07, 6.45) is 1.55. The second-order valence-electron chi connectivity index (χ2n) is 7.57. The Kier molecular flexibility index (Phi) is 6.44. The zero-order valence-corrected chi connectivity index (χ0v) is 22.0. The predicted octanol–water partition coefficient (Wildman–Crippen LogP) is 6.62. The highest BCUT2D eigenvalue weighted by Gasteiger charge is 2.17. The molecule has 0 aliphatic rings. The lowest BCUT2D eigenvalue weighted by Gasteiger charge is -2.13. The molecule has 0 aliphatic heterocycles. The molecule has 0 unspecified atom stereocenters. The molecule has 0 amide bonds. The van der Waals surface area contributed by atoms with Crippen LogP contribution >= 0.6 is 31.9 Å². The van der Waals surface area contributed by atoms with Gasteiger partial charge in [-0.3, -0.25) is 4.79 Å². The summed E-state index contributed by atoms with van der Waals surface area (Å²) in [5.41, 5.74) is 1.55. The molecule has 5 rings (SSSR count). The number of ether oxygens (including phenoxy) is 2. The van der Waals surface area contributed by atoms with Crippen LogP contribution in [0.2, 0.25) is 0 Å². The molecule has 176 valence electrons. The molecule has 0 aliphatic carbocycles. The summed E-state index contributed by atoms with van der Waals surface area (Å²) in [5, 5.41) is 5.87. The van der Waals surface area contributed by atoms with Crippen molar-refractivity contribution >= 4 is 59.9 Å². The van der Waals surface area contributed by atoms with Crippen molar-refractivity contribution in [3.63, 3.8) is 0 Å². The lowest BCUT2D eigenvalue weighted by molar-refractivity contribution is 0.310. The summed E-state index contributed by atoms with van der Waals surface area (Å²) >= 11 is 6.97. The fraction of sp³-hybridized carbons (Fsp3) is 0.115. The Morgan fingerprint density at radius 1 is 1.09 bits per heavy atom. The second kappa shape index (κ2) is 9.67. The van der Waals surface area contributed by atoms with Crippen molar-refractivity contribution in [3.8, 4) is 23.1 Å². The van der Waals surface area contributed by atoms with Gasteiger partial charge in [0.2, 0.25) is 5.82 Å². The molecule has 0 N–H and O–H groups in total. The Labute approximate surface area is 217 Å². The molecule has 9 heteroatoms. The van der Waals surface area contributed by atoms with Crippen molar-refractivity contribution in [2.45, 2.75) is 6.92 Å². The van der Waals surface area contributed by atoms with E-state index < -0.39 is 0 Å². The van der Waals surface area contributed by atoms with Gasteiger partial charge in [0.1, 0.15) is 5.58 Å². The zero-order chi connectivity index (χ0) is 24.5. The number of aromatic nitrogens is 2. The number of methoxy groups -OCH3 is 1. The lowest BCUT2D eigenvalue weighted by Crippen LogP contribution is -2.20. The Morgan fingerprint density at radius 3 is 2.71 bits per heavy atom. The Morgan fingerprint density at radius 2 is 1.91 bits per heavy atom. The van der Waals surface area contributed by atoms with E-state index in [-0.39, 0.29) is 11.4 Å². The van der Waals surface area contributed by atoms with Crippen molar-refractivity contribution in [3.05, 3.63) is 85.5 Å². The minimum atomic E-state index is -0.316. The van der Waals surface area contributed by atoms with E-state index in [1.807, 2.05) is 49.4 Å².